The molecular weight excluding hydrogens is 146 g/mol. The maximum absolute atomic E-state index is 10.3. The summed E-state index contributed by atoms with van der Waals surface area (Å²) >= 11 is 0. The van der Waals surface area contributed by atoms with Crippen LogP contribution in [-0.2, 0) is 9.53 Å². The molecule has 0 aromatic carbocycles. The normalized spacial score (nSPS) is 22.7. The van der Waals surface area contributed by atoms with Crippen LogP contribution in [0.15, 0.2) is 0 Å². The van der Waals surface area contributed by atoms with E-state index < -0.39 is 12.1 Å². The zero-order valence-electron chi connectivity index (χ0n) is 6.78. The van der Waals surface area contributed by atoms with Gasteiger partial charge in [0.2, 0.25) is 0 Å². The summed E-state index contributed by atoms with van der Waals surface area (Å²) in [5.74, 6) is -0.889. The van der Waals surface area contributed by atoms with Crippen LogP contribution >= 0.6 is 0 Å². The molecule has 0 radical (unpaired) electrons. The molecule has 11 heavy (non-hydrogen) atoms. The van der Waals surface area contributed by atoms with Crippen molar-refractivity contribution >= 4 is 5.97 Å². The Hall–Kier alpha value is -0.610. The van der Waals surface area contributed by atoms with Crippen LogP contribution in [0.1, 0.15) is 6.92 Å². The van der Waals surface area contributed by atoms with Crippen molar-refractivity contribution in [3.8, 4) is 0 Å². The molecule has 0 aliphatic carbocycles. The first kappa shape index (κ1) is 8.49. The van der Waals surface area contributed by atoms with Gasteiger partial charge in [0.25, 0.3) is 0 Å². The second-order valence-electron chi connectivity index (χ2n) is 2.96. The van der Waals surface area contributed by atoms with Crippen molar-refractivity contribution < 1.29 is 14.6 Å². The predicted molar refractivity (Wildman–Crippen MR) is 39.5 cm³/mol. The third-order valence-corrected chi connectivity index (χ3v) is 1.77. The highest BCUT2D eigenvalue weighted by Gasteiger charge is 2.27. The molecule has 1 unspecified atom stereocenters. The number of aliphatic carboxylic acids is 1. The van der Waals surface area contributed by atoms with Crippen molar-refractivity contribution in [3.05, 3.63) is 0 Å². The van der Waals surface area contributed by atoms with Crippen molar-refractivity contribution in [2.45, 2.75) is 19.1 Å². The Kier molecular flexibility index (Phi) is 2.46. The number of rotatable bonds is 3. The molecule has 1 aliphatic heterocycles. The van der Waals surface area contributed by atoms with Gasteiger partial charge in [-0.25, -0.2) is 4.79 Å². The zero-order valence-corrected chi connectivity index (χ0v) is 6.78. The largest absolute Gasteiger partial charge is 0.479 e. The first-order valence-electron chi connectivity index (χ1n) is 3.66. The Labute approximate surface area is 65.8 Å². The number of carbonyl (C=O) groups is 1. The molecule has 1 saturated heterocycles. The van der Waals surface area contributed by atoms with E-state index in [1.54, 1.807) is 6.92 Å². The molecule has 0 aromatic rings. The SMILES string of the molecule is CC(OC1CN(C)C1)C(=O)O. The van der Waals surface area contributed by atoms with Gasteiger partial charge in [0.1, 0.15) is 0 Å². The standard InChI is InChI=1S/C7H13NO3/c1-5(7(9)10)11-6-3-8(2)4-6/h5-6H,3-4H2,1-2H3,(H,9,10). The van der Waals surface area contributed by atoms with E-state index in [0.29, 0.717) is 0 Å². The molecule has 1 N–H and O–H groups in total. The lowest BCUT2D eigenvalue weighted by molar-refractivity contribution is -0.158. The highest BCUT2D eigenvalue weighted by molar-refractivity contribution is 5.71. The van der Waals surface area contributed by atoms with Crippen molar-refractivity contribution in [2.75, 3.05) is 20.1 Å². The number of ether oxygens (including phenoxy) is 1. The summed E-state index contributed by atoms with van der Waals surface area (Å²) < 4.78 is 5.18. The van der Waals surface area contributed by atoms with Gasteiger partial charge in [-0.3, -0.25) is 0 Å². The van der Waals surface area contributed by atoms with Gasteiger partial charge in [-0.1, -0.05) is 0 Å². The molecule has 0 spiro atoms. The van der Waals surface area contributed by atoms with Gasteiger partial charge in [0.05, 0.1) is 6.10 Å². The average molecular weight is 159 g/mol. The smallest absolute Gasteiger partial charge is 0.332 e. The third kappa shape index (κ3) is 2.17. The molecule has 4 nitrogen and oxygen atoms in total. The van der Waals surface area contributed by atoms with Crippen LogP contribution < -0.4 is 0 Å². The second-order valence-corrected chi connectivity index (χ2v) is 2.96. The molecule has 0 saturated carbocycles. The summed E-state index contributed by atoms with van der Waals surface area (Å²) in [6.45, 7) is 3.25. The maximum atomic E-state index is 10.3. The van der Waals surface area contributed by atoms with E-state index in [-0.39, 0.29) is 6.10 Å². The lowest BCUT2D eigenvalue weighted by Crippen LogP contribution is -2.51. The highest BCUT2D eigenvalue weighted by atomic mass is 16.5. The topological polar surface area (TPSA) is 49.8 Å². The Balaban J connectivity index is 2.16. The van der Waals surface area contributed by atoms with E-state index >= 15 is 0 Å². The third-order valence-electron chi connectivity index (χ3n) is 1.77. The van der Waals surface area contributed by atoms with Gasteiger partial charge in [0.15, 0.2) is 6.10 Å². The quantitative estimate of drug-likeness (QED) is 0.619. The van der Waals surface area contributed by atoms with Gasteiger partial charge in [-0.15, -0.1) is 0 Å². The molecule has 1 heterocycles. The number of hydrogen-bond acceptors (Lipinski definition) is 3. The predicted octanol–water partition coefficient (Wildman–Crippen LogP) is -0.210. The van der Waals surface area contributed by atoms with Gasteiger partial charge < -0.3 is 14.7 Å². The summed E-state index contributed by atoms with van der Waals surface area (Å²) in [7, 11) is 1.98. The minimum atomic E-state index is -0.889. The lowest BCUT2D eigenvalue weighted by Gasteiger charge is -2.36. The van der Waals surface area contributed by atoms with Gasteiger partial charge in [-0.05, 0) is 14.0 Å². The van der Waals surface area contributed by atoms with Crippen LogP contribution in [0.5, 0.6) is 0 Å². The molecule has 1 atom stereocenters. The molecule has 0 bridgehead atoms. The minimum absolute atomic E-state index is 0.117. The molecule has 0 aromatic heterocycles. The molecule has 64 valence electrons. The fourth-order valence-corrected chi connectivity index (χ4v) is 1.07. The lowest BCUT2D eigenvalue weighted by atomic mass is 10.2. The van der Waals surface area contributed by atoms with E-state index in [9.17, 15) is 4.79 Å². The fourth-order valence-electron chi connectivity index (χ4n) is 1.07. The van der Waals surface area contributed by atoms with Crippen molar-refractivity contribution in [1.29, 1.82) is 0 Å². The molecular formula is C7H13NO3. The average Bonchev–Trinajstić information content (AvgIpc) is 1.84. The zero-order chi connectivity index (χ0) is 8.43. The van der Waals surface area contributed by atoms with Gasteiger partial charge in [-0.2, -0.15) is 0 Å². The van der Waals surface area contributed by atoms with E-state index in [0.717, 1.165) is 13.1 Å². The van der Waals surface area contributed by atoms with E-state index in [1.165, 1.54) is 0 Å². The van der Waals surface area contributed by atoms with Crippen molar-refractivity contribution in [2.24, 2.45) is 0 Å². The Morgan fingerprint density at radius 3 is 2.64 bits per heavy atom. The highest BCUT2D eigenvalue weighted by Crippen LogP contribution is 2.10. The second kappa shape index (κ2) is 3.19. The number of carboxylic acids is 1. The van der Waals surface area contributed by atoms with E-state index in [2.05, 4.69) is 4.90 Å². The van der Waals surface area contributed by atoms with Crippen LogP contribution in [-0.4, -0.2) is 48.3 Å². The minimum Gasteiger partial charge on any atom is -0.479 e. The summed E-state index contributed by atoms with van der Waals surface area (Å²) in [5.41, 5.74) is 0. The summed E-state index contributed by atoms with van der Waals surface area (Å²) in [6.07, 6.45) is -0.556. The van der Waals surface area contributed by atoms with Crippen LogP contribution in [0, 0.1) is 0 Å². The van der Waals surface area contributed by atoms with Gasteiger partial charge in [0, 0.05) is 13.1 Å². The Bertz CT molecular complexity index is 154. The van der Waals surface area contributed by atoms with Crippen LogP contribution in [0.3, 0.4) is 0 Å². The number of nitrogens with zero attached hydrogens (tertiary/aromatic N) is 1. The summed E-state index contributed by atoms with van der Waals surface area (Å²) in [4.78, 5) is 12.4. The molecule has 0 amide bonds. The van der Waals surface area contributed by atoms with Gasteiger partial charge >= 0.3 is 5.97 Å². The molecule has 1 fully saturated rings. The van der Waals surface area contributed by atoms with Crippen molar-refractivity contribution in [3.63, 3.8) is 0 Å². The monoisotopic (exact) mass is 159 g/mol. The molecule has 1 aliphatic rings. The van der Waals surface area contributed by atoms with Crippen LogP contribution in [0.4, 0.5) is 0 Å². The molecule has 1 rings (SSSR count). The van der Waals surface area contributed by atoms with Crippen LogP contribution in [0.25, 0.3) is 0 Å². The molecule has 4 heteroatoms. The number of carboxylic acid groups (broad SMARTS) is 1. The fraction of sp³-hybridized carbons (Fsp3) is 0.857. The first-order valence-corrected chi connectivity index (χ1v) is 3.66. The van der Waals surface area contributed by atoms with Crippen LogP contribution in [0.2, 0.25) is 0 Å². The summed E-state index contributed by atoms with van der Waals surface area (Å²) in [6, 6.07) is 0. The maximum Gasteiger partial charge on any atom is 0.332 e. The number of likely N-dealkylation sites (tertiary alicyclic amines) is 1. The van der Waals surface area contributed by atoms with E-state index in [1.807, 2.05) is 7.05 Å². The van der Waals surface area contributed by atoms with E-state index in [4.69, 9.17) is 9.84 Å². The Morgan fingerprint density at radius 2 is 2.27 bits per heavy atom. The summed E-state index contributed by atoms with van der Waals surface area (Å²) in [5, 5.41) is 8.48. The van der Waals surface area contributed by atoms with Crippen molar-refractivity contribution in [1.82, 2.24) is 4.90 Å². The number of likely N-dealkylation sites (N-methyl/N-ethyl adjacent to an activating group) is 1. The number of hydrogen-bond donors (Lipinski definition) is 1. The first-order chi connectivity index (χ1) is 5.09. The Morgan fingerprint density at radius 1 is 1.73 bits per heavy atom.